The molecule has 6 nitrogen and oxygen atoms in total. The quantitative estimate of drug-likeness (QED) is 0.527. The van der Waals surface area contributed by atoms with Crippen molar-refractivity contribution in [1.82, 2.24) is 20.9 Å². The highest BCUT2D eigenvalue weighted by Crippen LogP contribution is 2.17. The van der Waals surface area contributed by atoms with E-state index in [9.17, 15) is 4.79 Å². The second kappa shape index (κ2) is 10.6. The lowest BCUT2D eigenvalue weighted by Gasteiger charge is -2.22. The molecular formula is C18H29N5O. The summed E-state index contributed by atoms with van der Waals surface area (Å²) in [5.74, 6) is 0.837. The Morgan fingerprint density at radius 2 is 2.08 bits per heavy atom. The number of aliphatic imine (C=N–C) groups is 1. The maximum absolute atomic E-state index is 12.0. The predicted octanol–water partition coefficient (Wildman–Crippen LogP) is 1.98. The lowest BCUT2D eigenvalue weighted by molar-refractivity contribution is -0.121. The van der Waals surface area contributed by atoms with Crippen molar-refractivity contribution in [3.63, 3.8) is 0 Å². The molecule has 1 aromatic rings. The van der Waals surface area contributed by atoms with Gasteiger partial charge in [0, 0.05) is 31.7 Å². The van der Waals surface area contributed by atoms with E-state index < -0.39 is 0 Å². The van der Waals surface area contributed by atoms with E-state index in [4.69, 9.17) is 0 Å². The average Bonchev–Trinajstić information content (AvgIpc) is 2.61. The largest absolute Gasteiger partial charge is 0.357 e. The minimum atomic E-state index is 0.120. The van der Waals surface area contributed by atoms with Crippen molar-refractivity contribution < 1.29 is 4.79 Å². The van der Waals surface area contributed by atoms with Crippen LogP contribution in [-0.2, 0) is 11.3 Å². The molecule has 1 fully saturated rings. The molecule has 0 unspecified atom stereocenters. The van der Waals surface area contributed by atoms with Crippen molar-refractivity contribution in [3.05, 3.63) is 30.1 Å². The SMILES string of the molecule is CCNC(=NCc1ccccn1)NCCC(=O)NC1CCCCC1. The van der Waals surface area contributed by atoms with Gasteiger partial charge in [0.05, 0.1) is 12.2 Å². The molecule has 6 heteroatoms. The van der Waals surface area contributed by atoms with Crippen LogP contribution in [0.4, 0.5) is 0 Å². The van der Waals surface area contributed by atoms with Crippen LogP contribution >= 0.6 is 0 Å². The molecule has 0 bridgehead atoms. The first-order chi connectivity index (χ1) is 11.8. The van der Waals surface area contributed by atoms with Crippen LogP contribution < -0.4 is 16.0 Å². The van der Waals surface area contributed by atoms with E-state index >= 15 is 0 Å². The van der Waals surface area contributed by atoms with Gasteiger partial charge in [-0.2, -0.15) is 0 Å². The molecule has 0 spiro atoms. The van der Waals surface area contributed by atoms with Crippen molar-refractivity contribution in [2.24, 2.45) is 4.99 Å². The van der Waals surface area contributed by atoms with Crippen LogP contribution in [0.2, 0.25) is 0 Å². The van der Waals surface area contributed by atoms with E-state index in [1.807, 2.05) is 25.1 Å². The van der Waals surface area contributed by atoms with Crippen molar-refractivity contribution in [3.8, 4) is 0 Å². The van der Waals surface area contributed by atoms with Crippen LogP contribution in [0.5, 0.6) is 0 Å². The van der Waals surface area contributed by atoms with Gasteiger partial charge in [0.25, 0.3) is 0 Å². The number of rotatable bonds is 7. The summed E-state index contributed by atoms with van der Waals surface area (Å²) in [6, 6.07) is 6.16. The molecule has 1 saturated carbocycles. The topological polar surface area (TPSA) is 78.4 Å². The number of amides is 1. The maximum atomic E-state index is 12.0. The summed E-state index contributed by atoms with van der Waals surface area (Å²) in [6.45, 7) is 3.90. The number of pyridine rings is 1. The normalized spacial score (nSPS) is 15.8. The molecule has 1 aliphatic carbocycles. The summed E-state index contributed by atoms with van der Waals surface area (Å²) < 4.78 is 0. The Hall–Kier alpha value is -2.11. The fourth-order valence-electron chi connectivity index (χ4n) is 2.83. The minimum absolute atomic E-state index is 0.120. The summed E-state index contributed by atoms with van der Waals surface area (Å²) >= 11 is 0. The van der Waals surface area contributed by atoms with Crippen molar-refractivity contribution in [2.75, 3.05) is 13.1 Å². The van der Waals surface area contributed by atoms with Crippen LogP contribution in [0.25, 0.3) is 0 Å². The van der Waals surface area contributed by atoms with Crippen molar-refractivity contribution >= 4 is 11.9 Å². The molecule has 0 aromatic carbocycles. The Morgan fingerprint density at radius 1 is 1.25 bits per heavy atom. The number of carbonyl (C=O) groups excluding carboxylic acids is 1. The van der Waals surface area contributed by atoms with Gasteiger partial charge in [-0.05, 0) is 31.9 Å². The van der Waals surface area contributed by atoms with Gasteiger partial charge in [-0.15, -0.1) is 0 Å². The van der Waals surface area contributed by atoms with Gasteiger partial charge in [-0.25, -0.2) is 4.99 Å². The summed E-state index contributed by atoms with van der Waals surface area (Å²) in [7, 11) is 0. The monoisotopic (exact) mass is 331 g/mol. The Balaban J connectivity index is 1.71. The molecule has 24 heavy (non-hydrogen) atoms. The number of nitrogens with one attached hydrogen (secondary N) is 3. The zero-order chi connectivity index (χ0) is 17.0. The second-order valence-corrected chi connectivity index (χ2v) is 6.10. The molecular weight excluding hydrogens is 302 g/mol. The minimum Gasteiger partial charge on any atom is -0.357 e. The molecule has 0 aliphatic heterocycles. The summed E-state index contributed by atoms with van der Waals surface area (Å²) in [4.78, 5) is 20.8. The van der Waals surface area contributed by atoms with E-state index in [1.165, 1.54) is 19.3 Å². The maximum Gasteiger partial charge on any atom is 0.221 e. The van der Waals surface area contributed by atoms with Gasteiger partial charge in [0.15, 0.2) is 5.96 Å². The fourth-order valence-corrected chi connectivity index (χ4v) is 2.83. The third kappa shape index (κ3) is 6.98. The fraction of sp³-hybridized carbons (Fsp3) is 0.611. The summed E-state index contributed by atoms with van der Waals surface area (Å²) in [6.07, 6.45) is 8.22. The smallest absolute Gasteiger partial charge is 0.221 e. The van der Waals surface area contributed by atoms with E-state index in [0.717, 1.165) is 25.1 Å². The number of hydrogen-bond acceptors (Lipinski definition) is 3. The lowest BCUT2D eigenvalue weighted by atomic mass is 9.95. The molecule has 1 amide bonds. The van der Waals surface area contributed by atoms with Crippen LogP contribution in [0.1, 0.15) is 51.1 Å². The number of nitrogens with zero attached hydrogens (tertiary/aromatic N) is 2. The van der Waals surface area contributed by atoms with E-state index in [2.05, 4.69) is 25.9 Å². The Bertz CT molecular complexity index is 511. The first-order valence-corrected chi connectivity index (χ1v) is 8.99. The van der Waals surface area contributed by atoms with Crippen LogP contribution in [0, 0.1) is 0 Å². The van der Waals surface area contributed by atoms with E-state index in [0.29, 0.717) is 31.5 Å². The third-order valence-electron chi connectivity index (χ3n) is 4.08. The van der Waals surface area contributed by atoms with Crippen LogP contribution in [0.15, 0.2) is 29.4 Å². The summed E-state index contributed by atoms with van der Waals surface area (Å²) in [5, 5.41) is 9.53. The number of carbonyl (C=O) groups is 1. The molecule has 0 radical (unpaired) electrons. The molecule has 132 valence electrons. The highest BCUT2D eigenvalue weighted by molar-refractivity contribution is 5.81. The first kappa shape index (κ1) is 18.2. The average molecular weight is 331 g/mol. The highest BCUT2D eigenvalue weighted by atomic mass is 16.1. The van der Waals surface area contributed by atoms with Gasteiger partial charge in [0.1, 0.15) is 0 Å². The lowest BCUT2D eigenvalue weighted by Crippen LogP contribution is -2.41. The first-order valence-electron chi connectivity index (χ1n) is 8.99. The summed E-state index contributed by atoms with van der Waals surface area (Å²) in [5.41, 5.74) is 0.921. The van der Waals surface area contributed by atoms with E-state index in [1.54, 1.807) is 6.20 Å². The number of aromatic nitrogens is 1. The number of guanidine groups is 1. The van der Waals surface area contributed by atoms with Crippen molar-refractivity contribution in [1.29, 1.82) is 0 Å². The second-order valence-electron chi connectivity index (χ2n) is 6.10. The molecule has 1 aromatic heterocycles. The third-order valence-corrected chi connectivity index (χ3v) is 4.08. The van der Waals surface area contributed by atoms with E-state index in [-0.39, 0.29) is 5.91 Å². The van der Waals surface area contributed by atoms with Gasteiger partial charge < -0.3 is 16.0 Å². The molecule has 2 rings (SSSR count). The number of hydrogen-bond donors (Lipinski definition) is 3. The Morgan fingerprint density at radius 3 is 2.79 bits per heavy atom. The predicted molar refractivity (Wildman–Crippen MR) is 96.7 cm³/mol. The zero-order valence-corrected chi connectivity index (χ0v) is 14.6. The van der Waals surface area contributed by atoms with Crippen LogP contribution in [0.3, 0.4) is 0 Å². The van der Waals surface area contributed by atoms with Gasteiger partial charge in [-0.1, -0.05) is 25.3 Å². The Kier molecular flexibility index (Phi) is 8.07. The van der Waals surface area contributed by atoms with Gasteiger partial charge in [0.2, 0.25) is 5.91 Å². The molecule has 3 N–H and O–H groups in total. The molecule has 0 atom stereocenters. The van der Waals surface area contributed by atoms with Gasteiger partial charge >= 0.3 is 0 Å². The molecule has 1 aliphatic rings. The Labute approximate surface area is 144 Å². The van der Waals surface area contributed by atoms with Crippen molar-refractivity contribution in [2.45, 2.75) is 58.0 Å². The standard InChI is InChI=1S/C18H29N5O/c1-2-19-18(22-14-16-10-6-7-12-20-16)21-13-11-17(24)23-15-8-4-3-5-9-15/h6-7,10,12,15H,2-5,8-9,11,13-14H2,1H3,(H,23,24)(H2,19,21,22). The molecule has 1 heterocycles. The molecule has 0 saturated heterocycles. The highest BCUT2D eigenvalue weighted by Gasteiger charge is 2.15. The van der Waals surface area contributed by atoms with Crippen LogP contribution in [-0.4, -0.2) is 36.0 Å². The van der Waals surface area contributed by atoms with Gasteiger partial charge in [-0.3, -0.25) is 9.78 Å². The zero-order valence-electron chi connectivity index (χ0n) is 14.6.